The normalized spacial score (nSPS) is 19.6. The SMILES string of the molecule is CN(C(=O)c1ccc(N2CCN(CCOCCO)CC2)cc1C=O)C1CCC(=O)NC1=O. The van der Waals surface area contributed by atoms with Gasteiger partial charge in [0.1, 0.15) is 6.04 Å². The first-order chi connectivity index (χ1) is 15.4. The van der Waals surface area contributed by atoms with Gasteiger partial charge in [-0.2, -0.15) is 0 Å². The third kappa shape index (κ3) is 5.70. The van der Waals surface area contributed by atoms with Gasteiger partial charge >= 0.3 is 0 Å². The molecule has 1 aromatic rings. The Morgan fingerprint density at radius 1 is 1.25 bits per heavy atom. The van der Waals surface area contributed by atoms with Crippen molar-refractivity contribution in [2.75, 3.05) is 64.5 Å². The molecule has 32 heavy (non-hydrogen) atoms. The summed E-state index contributed by atoms with van der Waals surface area (Å²) in [6.45, 7) is 4.99. The second-order valence-electron chi connectivity index (χ2n) is 7.94. The van der Waals surface area contributed by atoms with Crippen LogP contribution in [0, 0.1) is 0 Å². The molecule has 3 rings (SSSR count). The Bertz CT molecular complexity index is 853. The number of rotatable bonds is 9. The Morgan fingerprint density at radius 2 is 2.00 bits per heavy atom. The molecule has 2 aliphatic rings. The van der Waals surface area contributed by atoms with Crippen LogP contribution in [-0.4, -0.2) is 105 Å². The highest BCUT2D eigenvalue weighted by Gasteiger charge is 2.33. The maximum absolute atomic E-state index is 13.0. The summed E-state index contributed by atoms with van der Waals surface area (Å²) in [5, 5.41) is 11.0. The molecular weight excluding hydrogens is 416 g/mol. The minimum Gasteiger partial charge on any atom is -0.394 e. The lowest BCUT2D eigenvalue weighted by Gasteiger charge is -2.36. The minimum absolute atomic E-state index is 0.0225. The molecule has 0 aliphatic carbocycles. The fraction of sp³-hybridized carbons (Fsp3) is 0.545. The van der Waals surface area contributed by atoms with E-state index in [1.165, 1.54) is 11.9 Å². The molecule has 0 radical (unpaired) electrons. The predicted molar refractivity (Wildman–Crippen MR) is 117 cm³/mol. The number of aliphatic hydroxyl groups excluding tert-OH is 1. The van der Waals surface area contributed by atoms with Crippen molar-refractivity contribution in [2.45, 2.75) is 18.9 Å². The molecular formula is C22H30N4O6. The first kappa shape index (κ1) is 23.8. The third-order valence-electron chi connectivity index (χ3n) is 5.92. The lowest BCUT2D eigenvalue weighted by Crippen LogP contribution is -2.53. The van der Waals surface area contributed by atoms with Crippen LogP contribution in [0.1, 0.15) is 33.6 Å². The van der Waals surface area contributed by atoms with Gasteiger partial charge < -0.3 is 19.6 Å². The highest BCUT2D eigenvalue weighted by atomic mass is 16.5. The summed E-state index contributed by atoms with van der Waals surface area (Å²) >= 11 is 0. The number of aliphatic hydroxyl groups is 1. The number of piperazine rings is 1. The Kier molecular flexibility index (Phi) is 8.32. The number of ether oxygens (including phenoxy) is 1. The van der Waals surface area contributed by atoms with E-state index in [9.17, 15) is 19.2 Å². The van der Waals surface area contributed by atoms with E-state index in [0.29, 0.717) is 19.5 Å². The zero-order chi connectivity index (χ0) is 23.1. The van der Waals surface area contributed by atoms with Gasteiger partial charge in [0.25, 0.3) is 5.91 Å². The third-order valence-corrected chi connectivity index (χ3v) is 5.92. The zero-order valence-electron chi connectivity index (χ0n) is 18.3. The van der Waals surface area contributed by atoms with E-state index in [1.54, 1.807) is 12.1 Å². The van der Waals surface area contributed by atoms with Crippen LogP contribution in [0.5, 0.6) is 0 Å². The summed E-state index contributed by atoms with van der Waals surface area (Å²) in [6.07, 6.45) is 1.09. The van der Waals surface area contributed by atoms with Gasteiger partial charge in [0.15, 0.2) is 6.29 Å². The highest BCUT2D eigenvalue weighted by Crippen LogP contribution is 2.23. The van der Waals surface area contributed by atoms with Crippen LogP contribution in [0.15, 0.2) is 18.2 Å². The predicted octanol–water partition coefficient (Wildman–Crippen LogP) is -0.493. The van der Waals surface area contributed by atoms with Gasteiger partial charge in [-0.25, -0.2) is 0 Å². The number of carbonyl (C=O) groups is 4. The number of nitrogens with one attached hydrogen (secondary N) is 1. The Morgan fingerprint density at radius 3 is 2.66 bits per heavy atom. The molecule has 2 heterocycles. The average molecular weight is 447 g/mol. The van der Waals surface area contributed by atoms with Gasteiger partial charge in [0.05, 0.1) is 25.4 Å². The van der Waals surface area contributed by atoms with Crippen molar-refractivity contribution in [3.8, 4) is 0 Å². The molecule has 0 bridgehead atoms. The number of imide groups is 1. The number of nitrogens with zero attached hydrogens (tertiary/aromatic N) is 3. The number of benzene rings is 1. The van der Waals surface area contributed by atoms with E-state index in [-0.39, 0.29) is 36.5 Å². The molecule has 1 unspecified atom stereocenters. The summed E-state index contributed by atoms with van der Waals surface area (Å²) in [7, 11) is 1.51. The number of likely N-dealkylation sites (N-methyl/N-ethyl adjacent to an activating group) is 1. The highest BCUT2D eigenvalue weighted by molar-refractivity contribution is 6.06. The summed E-state index contributed by atoms with van der Waals surface area (Å²) < 4.78 is 5.32. The molecule has 1 aromatic carbocycles. The van der Waals surface area contributed by atoms with E-state index in [2.05, 4.69) is 15.1 Å². The van der Waals surface area contributed by atoms with E-state index in [1.807, 2.05) is 6.07 Å². The van der Waals surface area contributed by atoms with Crippen LogP contribution in [-0.2, 0) is 14.3 Å². The van der Waals surface area contributed by atoms with Crippen molar-refractivity contribution in [1.82, 2.24) is 15.1 Å². The van der Waals surface area contributed by atoms with Crippen LogP contribution in [0.25, 0.3) is 0 Å². The van der Waals surface area contributed by atoms with Crippen molar-refractivity contribution in [3.63, 3.8) is 0 Å². The summed E-state index contributed by atoms with van der Waals surface area (Å²) in [6, 6.07) is 4.41. The van der Waals surface area contributed by atoms with Crippen LogP contribution in [0.3, 0.4) is 0 Å². The average Bonchev–Trinajstić information content (AvgIpc) is 2.81. The number of anilines is 1. The largest absolute Gasteiger partial charge is 0.394 e. The topological polar surface area (TPSA) is 119 Å². The van der Waals surface area contributed by atoms with Gasteiger partial charge in [-0.1, -0.05) is 0 Å². The summed E-state index contributed by atoms with van der Waals surface area (Å²) in [4.78, 5) is 53.9. The van der Waals surface area contributed by atoms with Crippen molar-refractivity contribution in [1.29, 1.82) is 0 Å². The number of piperidine rings is 1. The lowest BCUT2D eigenvalue weighted by atomic mass is 10.0. The van der Waals surface area contributed by atoms with Crippen LogP contribution in [0.2, 0.25) is 0 Å². The Hall–Kier alpha value is -2.82. The number of aldehydes is 1. The van der Waals surface area contributed by atoms with E-state index < -0.39 is 17.9 Å². The van der Waals surface area contributed by atoms with Crippen molar-refractivity contribution >= 4 is 29.7 Å². The quantitative estimate of drug-likeness (QED) is 0.296. The minimum atomic E-state index is -0.742. The number of carbonyl (C=O) groups excluding carboxylic acids is 4. The molecule has 0 saturated carbocycles. The molecule has 10 heteroatoms. The van der Waals surface area contributed by atoms with E-state index in [0.717, 1.165) is 38.4 Å². The molecule has 1 atom stereocenters. The molecule has 2 aliphatic heterocycles. The fourth-order valence-electron chi connectivity index (χ4n) is 4.01. The molecule has 2 N–H and O–H groups in total. The standard InChI is InChI=1S/C22H30N4O6/c1-24(19-4-5-20(29)23-21(19)30)22(31)18-3-2-17(14-16(18)15-28)26-8-6-25(7-9-26)10-12-32-13-11-27/h2-3,14-15,19,27H,4-13H2,1H3,(H,23,29,30). The number of hydrogen-bond donors (Lipinski definition) is 2. The molecule has 174 valence electrons. The van der Waals surface area contributed by atoms with E-state index >= 15 is 0 Å². The summed E-state index contributed by atoms with van der Waals surface area (Å²) in [5.74, 6) is -1.27. The maximum atomic E-state index is 13.0. The van der Waals surface area contributed by atoms with Crippen molar-refractivity contribution in [3.05, 3.63) is 29.3 Å². The number of hydrogen-bond acceptors (Lipinski definition) is 8. The zero-order valence-corrected chi connectivity index (χ0v) is 18.3. The molecule has 2 saturated heterocycles. The van der Waals surface area contributed by atoms with Crippen LogP contribution in [0.4, 0.5) is 5.69 Å². The van der Waals surface area contributed by atoms with Gasteiger partial charge in [0.2, 0.25) is 11.8 Å². The Labute approximate surface area is 187 Å². The second-order valence-corrected chi connectivity index (χ2v) is 7.94. The molecule has 10 nitrogen and oxygen atoms in total. The van der Waals surface area contributed by atoms with Crippen LogP contribution >= 0.6 is 0 Å². The monoisotopic (exact) mass is 446 g/mol. The first-order valence-electron chi connectivity index (χ1n) is 10.8. The lowest BCUT2D eigenvalue weighted by molar-refractivity contribution is -0.136. The molecule has 2 fully saturated rings. The van der Waals surface area contributed by atoms with Gasteiger partial charge in [-0.05, 0) is 24.6 Å². The molecule has 0 spiro atoms. The maximum Gasteiger partial charge on any atom is 0.255 e. The smallest absolute Gasteiger partial charge is 0.255 e. The van der Waals surface area contributed by atoms with Crippen molar-refractivity contribution in [2.24, 2.45) is 0 Å². The van der Waals surface area contributed by atoms with Gasteiger partial charge in [0, 0.05) is 57.4 Å². The molecule has 0 aromatic heterocycles. The Balaban J connectivity index is 1.62. The molecule has 3 amide bonds. The second kappa shape index (κ2) is 11.2. The first-order valence-corrected chi connectivity index (χ1v) is 10.8. The fourth-order valence-corrected chi connectivity index (χ4v) is 4.01. The van der Waals surface area contributed by atoms with Gasteiger partial charge in [-0.15, -0.1) is 0 Å². The van der Waals surface area contributed by atoms with Crippen LogP contribution < -0.4 is 10.2 Å². The van der Waals surface area contributed by atoms with Gasteiger partial charge in [-0.3, -0.25) is 29.4 Å². The summed E-state index contributed by atoms with van der Waals surface area (Å²) in [5.41, 5.74) is 1.37. The van der Waals surface area contributed by atoms with Crippen molar-refractivity contribution < 1.29 is 29.0 Å². The number of amides is 3. The van der Waals surface area contributed by atoms with E-state index in [4.69, 9.17) is 9.84 Å².